The van der Waals surface area contributed by atoms with Gasteiger partial charge in [-0.05, 0) is 33.2 Å². The van der Waals surface area contributed by atoms with E-state index < -0.39 is 5.60 Å². The Morgan fingerprint density at radius 3 is 2.71 bits per heavy atom. The van der Waals surface area contributed by atoms with Crippen LogP contribution < -0.4 is 5.32 Å². The van der Waals surface area contributed by atoms with E-state index in [0.717, 1.165) is 25.9 Å². The zero-order valence-corrected chi connectivity index (χ0v) is 11.5. The van der Waals surface area contributed by atoms with Gasteiger partial charge in [-0.1, -0.05) is 13.8 Å². The number of carbonyl (C=O) groups excluding carboxylic acids is 1. The Hall–Kier alpha value is -0.610. The van der Waals surface area contributed by atoms with E-state index in [1.807, 2.05) is 27.7 Å². The van der Waals surface area contributed by atoms with Crippen molar-refractivity contribution in [3.05, 3.63) is 0 Å². The second-order valence-electron chi connectivity index (χ2n) is 6.05. The molecule has 1 fully saturated rings. The summed E-state index contributed by atoms with van der Waals surface area (Å²) in [6.07, 6.45) is 2.12. The fourth-order valence-electron chi connectivity index (χ4n) is 2.23. The van der Waals surface area contributed by atoms with Gasteiger partial charge in [0.1, 0.15) is 0 Å². The molecule has 0 bridgehead atoms. The van der Waals surface area contributed by atoms with Gasteiger partial charge in [0.05, 0.1) is 5.60 Å². The molecule has 2 N–H and O–H groups in total. The number of hydrogen-bond donors (Lipinski definition) is 2. The fourth-order valence-corrected chi connectivity index (χ4v) is 2.23. The van der Waals surface area contributed by atoms with Crippen molar-refractivity contribution in [2.45, 2.75) is 52.2 Å². The van der Waals surface area contributed by atoms with Gasteiger partial charge in [-0.15, -0.1) is 0 Å². The summed E-state index contributed by atoms with van der Waals surface area (Å²) in [5, 5.41) is 12.9. The van der Waals surface area contributed by atoms with Gasteiger partial charge in [0, 0.05) is 25.0 Å². The third-order valence-electron chi connectivity index (χ3n) is 2.99. The Balaban J connectivity index is 2.41. The molecule has 1 heterocycles. The van der Waals surface area contributed by atoms with Crippen LogP contribution in [-0.4, -0.2) is 47.2 Å². The standard InChI is InChI=1S/C13H26N2O2/c1-10(2)12(16)14-11-6-5-7-15(8-11)9-13(3,4)17/h10-11,17H,5-9H2,1-4H3,(H,14,16). The van der Waals surface area contributed by atoms with Crippen LogP contribution in [0.15, 0.2) is 0 Å². The molecule has 1 saturated heterocycles. The lowest BCUT2D eigenvalue weighted by Gasteiger charge is -2.36. The average molecular weight is 242 g/mol. The maximum Gasteiger partial charge on any atom is 0.222 e. The summed E-state index contributed by atoms with van der Waals surface area (Å²) in [7, 11) is 0. The molecular formula is C13H26N2O2. The summed E-state index contributed by atoms with van der Waals surface area (Å²) in [6.45, 7) is 9.99. The van der Waals surface area contributed by atoms with Crippen LogP contribution >= 0.6 is 0 Å². The first-order chi connectivity index (χ1) is 7.78. The van der Waals surface area contributed by atoms with E-state index in [0.29, 0.717) is 6.54 Å². The molecule has 1 unspecified atom stereocenters. The van der Waals surface area contributed by atoms with Crippen molar-refractivity contribution in [2.24, 2.45) is 5.92 Å². The lowest BCUT2D eigenvalue weighted by atomic mass is 10.0. The van der Waals surface area contributed by atoms with E-state index in [-0.39, 0.29) is 17.9 Å². The Morgan fingerprint density at radius 1 is 1.53 bits per heavy atom. The van der Waals surface area contributed by atoms with Crippen molar-refractivity contribution in [2.75, 3.05) is 19.6 Å². The number of hydrogen-bond acceptors (Lipinski definition) is 3. The highest BCUT2D eigenvalue weighted by atomic mass is 16.3. The Kier molecular flexibility index (Phi) is 4.95. The molecule has 1 aliphatic heterocycles. The number of piperidine rings is 1. The highest BCUT2D eigenvalue weighted by molar-refractivity contribution is 5.78. The molecular weight excluding hydrogens is 216 g/mol. The van der Waals surface area contributed by atoms with Gasteiger partial charge in [0.25, 0.3) is 0 Å². The average Bonchev–Trinajstić information content (AvgIpc) is 2.15. The lowest BCUT2D eigenvalue weighted by Crippen LogP contribution is -2.51. The molecule has 17 heavy (non-hydrogen) atoms. The summed E-state index contributed by atoms with van der Waals surface area (Å²) >= 11 is 0. The molecule has 100 valence electrons. The van der Waals surface area contributed by atoms with Crippen molar-refractivity contribution in [3.63, 3.8) is 0 Å². The Bertz CT molecular complexity index is 259. The third kappa shape index (κ3) is 5.50. The van der Waals surface area contributed by atoms with Crippen molar-refractivity contribution < 1.29 is 9.90 Å². The monoisotopic (exact) mass is 242 g/mol. The van der Waals surface area contributed by atoms with Gasteiger partial charge >= 0.3 is 0 Å². The topological polar surface area (TPSA) is 52.6 Å². The van der Waals surface area contributed by atoms with Crippen LogP contribution in [0.25, 0.3) is 0 Å². The van der Waals surface area contributed by atoms with Crippen LogP contribution in [0.4, 0.5) is 0 Å². The summed E-state index contributed by atoms with van der Waals surface area (Å²) < 4.78 is 0. The molecule has 0 spiro atoms. The van der Waals surface area contributed by atoms with Crippen LogP contribution in [0, 0.1) is 5.92 Å². The van der Waals surface area contributed by atoms with Gasteiger partial charge in [-0.3, -0.25) is 9.69 Å². The van der Waals surface area contributed by atoms with E-state index in [4.69, 9.17) is 0 Å². The van der Waals surface area contributed by atoms with Gasteiger partial charge in [-0.25, -0.2) is 0 Å². The van der Waals surface area contributed by atoms with Gasteiger partial charge in [0.2, 0.25) is 5.91 Å². The first kappa shape index (κ1) is 14.5. The predicted molar refractivity (Wildman–Crippen MR) is 68.7 cm³/mol. The second-order valence-corrected chi connectivity index (χ2v) is 6.05. The second kappa shape index (κ2) is 5.83. The van der Waals surface area contributed by atoms with Crippen molar-refractivity contribution in [1.29, 1.82) is 0 Å². The van der Waals surface area contributed by atoms with E-state index in [1.54, 1.807) is 0 Å². The highest BCUT2D eigenvalue weighted by Gasteiger charge is 2.25. The molecule has 1 aliphatic rings. The maximum atomic E-state index is 11.6. The number of likely N-dealkylation sites (tertiary alicyclic amines) is 1. The van der Waals surface area contributed by atoms with E-state index in [9.17, 15) is 9.90 Å². The molecule has 1 atom stereocenters. The predicted octanol–water partition coefficient (Wildman–Crippen LogP) is 0.994. The van der Waals surface area contributed by atoms with Crippen LogP contribution in [0.2, 0.25) is 0 Å². The van der Waals surface area contributed by atoms with Gasteiger partial charge in [0.15, 0.2) is 0 Å². The van der Waals surface area contributed by atoms with Crippen LogP contribution in [-0.2, 0) is 4.79 Å². The number of nitrogens with one attached hydrogen (secondary N) is 1. The molecule has 0 aromatic rings. The quantitative estimate of drug-likeness (QED) is 0.773. The number of nitrogens with zero attached hydrogens (tertiary/aromatic N) is 1. The summed E-state index contributed by atoms with van der Waals surface area (Å²) in [5.74, 6) is 0.166. The number of β-amino-alcohol motifs (C(OH)–C–C–N with tert-alkyl or cyclic N) is 1. The molecule has 0 aromatic heterocycles. The molecule has 4 nitrogen and oxygen atoms in total. The minimum atomic E-state index is -0.663. The Morgan fingerprint density at radius 2 is 2.18 bits per heavy atom. The fraction of sp³-hybridized carbons (Fsp3) is 0.923. The number of aliphatic hydroxyl groups is 1. The molecule has 1 rings (SSSR count). The number of carbonyl (C=O) groups is 1. The molecule has 4 heteroatoms. The number of rotatable bonds is 4. The van der Waals surface area contributed by atoms with Crippen LogP contribution in [0.3, 0.4) is 0 Å². The SMILES string of the molecule is CC(C)C(=O)NC1CCCN(CC(C)(C)O)C1. The molecule has 1 amide bonds. The van der Waals surface area contributed by atoms with Crippen LogP contribution in [0.1, 0.15) is 40.5 Å². The first-order valence-corrected chi connectivity index (χ1v) is 6.53. The van der Waals surface area contributed by atoms with Crippen LogP contribution in [0.5, 0.6) is 0 Å². The third-order valence-corrected chi connectivity index (χ3v) is 2.99. The Labute approximate surface area is 104 Å². The highest BCUT2D eigenvalue weighted by Crippen LogP contribution is 2.14. The minimum Gasteiger partial charge on any atom is -0.389 e. The normalized spacial score (nSPS) is 22.8. The van der Waals surface area contributed by atoms with Gasteiger partial charge in [-0.2, -0.15) is 0 Å². The molecule has 0 aliphatic carbocycles. The van der Waals surface area contributed by atoms with Crippen molar-refractivity contribution >= 4 is 5.91 Å². The van der Waals surface area contributed by atoms with E-state index >= 15 is 0 Å². The maximum absolute atomic E-state index is 11.6. The van der Waals surface area contributed by atoms with E-state index in [1.165, 1.54) is 0 Å². The summed E-state index contributed by atoms with van der Waals surface area (Å²) in [4.78, 5) is 13.9. The van der Waals surface area contributed by atoms with Crippen molar-refractivity contribution in [3.8, 4) is 0 Å². The summed E-state index contributed by atoms with van der Waals surface area (Å²) in [6, 6.07) is 0.237. The zero-order valence-electron chi connectivity index (χ0n) is 11.5. The lowest BCUT2D eigenvalue weighted by molar-refractivity contribution is -0.125. The molecule has 0 saturated carbocycles. The first-order valence-electron chi connectivity index (χ1n) is 6.53. The van der Waals surface area contributed by atoms with E-state index in [2.05, 4.69) is 10.2 Å². The smallest absolute Gasteiger partial charge is 0.222 e. The largest absolute Gasteiger partial charge is 0.389 e. The molecule has 0 radical (unpaired) electrons. The minimum absolute atomic E-state index is 0.0414. The number of amides is 1. The molecule has 0 aromatic carbocycles. The van der Waals surface area contributed by atoms with Gasteiger partial charge < -0.3 is 10.4 Å². The summed E-state index contributed by atoms with van der Waals surface area (Å²) in [5.41, 5.74) is -0.663. The van der Waals surface area contributed by atoms with Crippen molar-refractivity contribution in [1.82, 2.24) is 10.2 Å². The zero-order chi connectivity index (χ0) is 13.1.